The molecule has 2 aliphatic heterocycles. The van der Waals surface area contributed by atoms with Gasteiger partial charge in [0.1, 0.15) is 36.9 Å². The third-order valence-corrected chi connectivity index (χ3v) is 9.21. The van der Waals surface area contributed by atoms with Gasteiger partial charge in [-0.25, -0.2) is 0 Å². The highest BCUT2D eigenvalue weighted by molar-refractivity contribution is 6.10. The van der Waals surface area contributed by atoms with E-state index in [-0.39, 0.29) is 24.0 Å². The highest BCUT2D eigenvalue weighted by Crippen LogP contribution is 2.30. The average molecular weight is 673 g/mol. The molecule has 8 heteroatoms. The molecule has 0 aliphatic carbocycles. The van der Waals surface area contributed by atoms with E-state index in [4.69, 9.17) is 18.9 Å². The van der Waals surface area contributed by atoms with E-state index >= 15 is 0 Å². The standard InChI is InChI=1S/C42H44N2O6/c1-3-5-18-43(41(45)33-12-10-31-22-37(16-14-29(31)20-33)47-25-39-27-49-39)35-8-7-9-36(24-35)44(19-6-4-2)42(46)34-13-11-32-23-38(17-15-30(32)21-34)48-26-40-28-50-40/h7-17,20-24,39-40H,3-6,18-19,25-28H2,1-2H3. The molecule has 0 saturated carbocycles. The fourth-order valence-electron chi connectivity index (χ4n) is 6.07. The fourth-order valence-corrected chi connectivity index (χ4v) is 6.07. The molecule has 2 heterocycles. The number of ether oxygens (including phenoxy) is 4. The van der Waals surface area contributed by atoms with E-state index in [1.165, 1.54) is 0 Å². The number of anilines is 2. The number of rotatable bonds is 16. The highest BCUT2D eigenvalue weighted by atomic mass is 16.6. The van der Waals surface area contributed by atoms with E-state index in [1.807, 2.05) is 107 Å². The minimum Gasteiger partial charge on any atom is -0.491 e. The number of unbranched alkanes of at least 4 members (excludes halogenated alkanes) is 2. The molecule has 0 radical (unpaired) electrons. The molecule has 2 amide bonds. The molecular formula is C42H44N2O6. The quantitative estimate of drug-likeness (QED) is 0.0979. The summed E-state index contributed by atoms with van der Waals surface area (Å²) < 4.78 is 22.2. The SMILES string of the molecule is CCCCN(C(=O)c1ccc2cc(OCC3CO3)ccc2c1)c1cccc(N(CCCC)C(=O)c2ccc3cc(OCC4CO4)ccc3c2)c1. The average Bonchev–Trinajstić information content (AvgIpc) is 4.09. The van der Waals surface area contributed by atoms with Crippen molar-refractivity contribution >= 4 is 44.7 Å². The van der Waals surface area contributed by atoms with Crippen molar-refractivity contribution in [3.8, 4) is 11.5 Å². The van der Waals surface area contributed by atoms with E-state index in [2.05, 4.69) is 13.8 Å². The summed E-state index contributed by atoms with van der Waals surface area (Å²) in [5.74, 6) is 1.44. The Bertz CT molecular complexity index is 1850. The number of carbonyl (C=O) groups excluding carboxylic acids is 2. The first kappa shape index (κ1) is 33.6. The number of epoxide rings is 2. The molecule has 0 bridgehead atoms. The summed E-state index contributed by atoms with van der Waals surface area (Å²) in [6.07, 6.45) is 3.98. The van der Waals surface area contributed by atoms with Gasteiger partial charge >= 0.3 is 0 Å². The van der Waals surface area contributed by atoms with Gasteiger partial charge in [0.15, 0.2) is 0 Å². The Hall–Kier alpha value is -4.92. The molecule has 0 N–H and O–H groups in total. The minimum absolute atomic E-state index is 0.0716. The van der Waals surface area contributed by atoms with Gasteiger partial charge in [-0.3, -0.25) is 9.59 Å². The van der Waals surface area contributed by atoms with Crippen molar-refractivity contribution in [1.29, 1.82) is 0 Å². The van der Waals surface area contributed by atoms with Crippen LogP contribution in [-0.2, 0) is 9.47 Å². The first-order valence-electron chi connectivity index (χ1n) is 17.8. The molecule has 2 aliphatic rings. The van der Waals surface area contributed by atoms with Gasteiger partial charge in [0.2, 0.25) is 0 Å². The maximum atomic E-state index is 14.2. The van der Waals surface area contributed by atoms with Crippen molar-refractivity contribution in [1.82, 2.24) is 0 Å². The molecule has 5 aromatic rings. The van der Waals surface area contributed by atoms with Gasteiger partial charge in [-0.2, -0.15) is 0 Å². The highest BCUT2D eigenvalue weighted by Gasteiger charge is 2.25. The lowest BCUT2D eigenvalue weighted by Crippen LogP contribution is -2.34. The first-order chi connectivity index (χ1) is 24.5. The van der Waals surface area contributed by atoms with Crippen LogP contribution in [0.25, 0.3) is 21.5 Å². The molecule has 5 aromatic carbocycles. The first-order valence-corrected chi connectivity index (χ1v) is 17.8. The smallest absolute Gasteiger partial charge is 0.258 e. The molecule has 7 rings (SSSR count). The number of benzene rings is 5. The van der Waals surface area contributed by atoms with Crippen LogP contribution in [0.1, 0.15) is 60.2 Å². The monoisotopic (exact) mass is 672 g/mol. The summed E-state index contributed by atoms with van der Waals surface area (Å²) in [5.41, 5.74) is 2.76. The molecule has 50 heavy (non-hydrogen) atoms. The molecule has 0 aromatic heterocycles. The second-order valence-electron chi connectivity index (χ2n) is 13.1. The summed E-state index contributed by atoms with van der Waals surface area (Å²) in [6.45, 7) is 7.98. The van der Waals surface area contributed by atoms with Crippen LogP contribution in [0.15, 0.2) is 97.1 Å². The van der Waals surface area contributed by atoms with E-state index < -0.39 is 0 Å². The number of amides is 2. The van der Waals surface area contributed by atoms with E-state index in [0.29, 0.717) is 37.4 Å². The van der Waals surface area contributed by atoms with Gasteiger partial charge < -0.3 is 28.7 Å². The van der Waals surface area contributed by atoms with Gasteiger partial charge in [0.25, 0.3) is 11.8 Å². The zero-order valence-corrected chi connectivity index (χ0v) is 28.8. The third kappa shape index (κ3) is 8.09. The maximum absolute atomic E-state index is 14.2. The van der Waals surface area contributed by atoms with Crippen molar-refractivity contribution in [3.63, 3.8) is 0 Å². The van der Waals surface area contributed by atoms with Crippen LogP contribution in [0.4, 0.5) is 11.4 Å². The van der Waals surface area contributed by atoms with Crippen LogP contribution in [0.5, 0.6) is 11.5 Å². The second kappa shape index (κ2) is 15.3. The summed E-state index contributed by atoms with van der Waals surface area (Å²) in [4.78, 5) is 32.0. The van der Waals surface area contributed by atoms with Gasteiger partial charge in [0.05, 0.1) is 13.2 Å². The van der Waals surface area contributed by atoms with Crippen molar-refractivity contribution < 1.29 is 28.5 Å². The van der Waals surface area contributed by atoms with Crippen LogP contribution in [-0.4, -0.2) is 63.5 Å². The number of fused-ring (bicyclic) bond motifs is 2. The molecule has 2 atom stereocenters. The fraction of sp³-hybridized carbons (Fsp3) is 0.333. The van der Waals surface area contributed by atoms with Gasteiger partial charge in [0, 0.05) is 35.6 Å². The Balaban J connectivity index is 1.13. The van der Waals surface area contributed by atoms with Crippen LogP contribution < -0.4 is 19.3 Å². The van der Waals surface area contributed by atoms with Crippen LogP contribution in [0.3, 0.4) is 0 Å². The Labute approximate surface area is 293 Å². The number of hydrogen-bond acceptors (Lipinski definition) is 6. The lowest BCUT2D eigenvalue weighted by Gasteiger charge is -2.27. The Morgan fingerprint density at radius 1 is 0.600 bits per heavy atom. The zero-order valence-electron chi connectivity index (χ0n) is 28.8. The Morgan fingerprint density at radius 3 is 1.44 bits per heavy atom. The maximum Gasteiger partial charge on any atom is 0.258 e. The van der Waals surface area contributed by atoms with Crippen molar-refractivity contribution in [3.05, 3.63) is 108 Å². The van der Waals surface area contributed by atoms with Crippen LogP contribution >= 0.6 is 0 Å². The predicted octanol–water partition coefficient (Wildman–Crippen LogP) is 8.44. The molecule has 8 nitrogen and oxygen atoms in total. The summed E-state index contributed by atoms with van der Waals surface area (Å²) in [5, 5.41) is 3.96. The number of carbonyl (C=O) groups is 2. The van der Waals surface area contributed by atoms with Gasteiger partial charge in [-0.05, 0) is 101 Å². The largest absolute Gasteiger partial charge is 0.491 e. The number of hydrogen-bond donors (Lipinski definition) is 0. The molecule has 2 unspecified atom stereocenters. The van der Waals surface area contributed by atoms with E-state index in [9.17, 15) is 9.59 Å². The molecule has 258 valence electrons. The lowest BCUT2D eigenvalue weighted by atomic mass is 10.0. The normalized spacial score (nSPS) is 16.3. The second-order valence-corrected chi connectivity index (χ2v) is 13.1. The Morgan fingerprint density at radius 2 is 1.02 bits per heavy atom. The van der Waals surface area contributed by atoms with Crippen LogP contribution in [0, 0.1) is 0 Å². The summed E-state index contributed by atoms with van der Waals surface area (Å²) >= 11 is 0. The van der Waals surface area contributed by atoms with Gasteiger partial charge in [-0.15, -0.1) is 0 Å². The predicted molar refractivity (Wildman–Crippen MR) is 198 cm³/mol. The topological polar surface area (TPSA) is 84.1 Å². The summed E-state index contributed by atoms with van der Waals surface area (Å²) in [7, 11) is 0. The van der Waals surface area contributed by atoms with Crippen LogP contribution in [0.2, 0.25) is 0 Å². The van der Waals surface area contributed by atoms with Gasteiger partial charge in [-0.1, -0.05) is 57.0 Å². The molecule has 0 spiro atoms. The van der Waals surface area contributed by atoms with E-state index in [0.717, 1.165) is 83.3 Å². The Kier molecular flexibility index (Phi) is 10.3. The zero-order chi connectivity index (χ0) is 34.5. The summed E-state index contributed by atoms with van der Waals surface area (Å²) in [6, 6.07) is 31.3. The lowest BCUT2D eigenvalue weighted by molar-refractivity contribution is 0.0980. The minimum atomic E-state index is -0.0716. The van der Waals surface area contributed by atoms with E-state index in [1.54, 1.807) is 0 Å². The van der Waals surface area contributed by atoms with Crippen molar-refractivity contribution in [2.24, 2.45) is 0 Å². The molecule has 2 saturated heterocycles. The number of nitrogens with zero attached hydrogens (tertiary/aromatic N) is 2. The molecular weight excluding hydrogens is 628 g/mol. The van der Waals surface area contributed by atoms with Crippen molar-refractivity contribution in [2.75, 3.05) is 49.3 Å². The van der Waals surface area contributed by atoms with Crippen molar-refractivity contribution in [2.45, 2.75) is 51.7 Å². The third-order valence-electron chi connectivity index (χ3n) is 9.21. The molecule has 2 fully saturated rings.